The Balaban J connectivity index is 2.57. The molecule has 1 aromatic carbocycles. The molecule has 1 aliphatic heterocycles. The Morgan fingerprint density at radius 3 is 2.50 bits per heavy atom. The largest absolute Gasteiger partial charge is 0.336 e. The van der Waals surface area contributed by atoms with Crippen molar-refractivity contribution in [3.05, 3.63) is 75.6 Å². The smallest absolute Gasteiger partial charge is 0.292 e. The highest BCUT2D eigenvalue weighted by Gasteiger charge is 2.29. The molecule has 0 fully saturated rings. The van der Waals surface area contributed by atoms with Crippen LogP contribution in [-0.4, -0.2) is 16.4 Å². The molecule has 4 nitrogen and oxygen atoms in total. The Bertz CT molecular complexity index is 600. The number of nitrogens with zero attached hydrogens (tertiary/aromatic N) is 2. The standard InChI is InChI=1S/C16H18N2O2/c1-4-10-17-13(3)15(18(19)20)11-12(2)16(17)14-8-6-5-7-9-14/h5-9,11H,3-4,10H2,1-2H3. The van der Waals surface area contributed by atoms with Crippen LogP contribution in [-0.2, 0) is 0 Å². The molecule has 0 bridgehead atoms. The molecule has 0 amide bonds. The minimum absolute atomic E-state index is 0.0793. The van der Waals surface area contributed by atoms with E-state index in [0.717, 1.165) is 23.3 Å². The number of hydrogen-bond acceptors (Lipinski definition) is 3. The van der Waals surface area contributed by atoms with Gasteiger partial charge in [0.2, 0.25) is 0 Å². The molecule has 0 radical (unpaired) electrons. The first-order valence-corrected chi connectivity index (χ1v) is 6.65. The summed E-state index contributed by atoms with van der Waals surface area (Å²) in [4.78, 5) is 12.7. The van der Waals surface area contributed by atoms with Crippen LogP contribution in [0.1, 0.15) is 25.8 Å². The maximum absolute atomic E-state index is 11.1. The van der Waals surface area contributed by atoms with Crippen molar-refractivity contribution in [2.75, 3.05) is 6.54 Å². The molecule has 1 heterocycles. The van der Waals surface area contributed by atoms with E-state index in [1.807, 2.05) is 42.2 Å². The molecule has 0 saturated carbocycles. The third kappa shape index (κ3) is 2.50. The van der Waals surface area contributed by atoms with Crippen LogP contribution in [0.2, 0.25) is 0 Å². The SMILES string of the molecule is C=C1C([N+](=O)[O-])=CC(C)=C(c2ccccc2)N1CCC. The number of rotatable bonds is 4. The zero-order valence-corrected chi connectivity index (χ0v) is 11.8. The zero-order chi connectivity index (χ0) is 14.7. The third-order valence-electron chi connectivity index (χ3n) is 3.31. The summed E-state index contributed by atoms with van der Waals surface area (Å²) in [6.07, 6.45) is 2.50. The third-order valence-corrected chi connectivity index (χ3v) is 3.31. The van der Waals surface area contributed by atoms with Crippen LogP contribution in [0.25, 0.3) is 5.70 Å². The van der Waals surface area contributed by atoms with E-state index in [9.17, 15) is 10.1 Å². The highest BCUT2D eigenvalue weighted by molar-refractivity contribution is 5.73. The predicted molar refractivity (Wildman–Crippen MR) is 80.3 cm³/mol. The second-order valence-electron chi connectivity index (χ2n) is 4.78. The Hall–Kier alpha value is -2.36. The molecule has 0 N–H and O–H groups in total. The molecule has 0 aliphatic carbocycles. The van der Waals surface area contributed by atoms with Gasteiger partial charge in [0.1, 0.15) is 5.70 Å². The monoisotopic (exact) mass is 270 g/mol. The molecule has 0 unspecified atom stereocenters. The van der Waals surface area contributed by atoms with Crippen molar-refractivity contribution < 1.29 is 4.92 Å². The fraction of sp³-hybridized carbons (Fsp3) is 0.250. The lowest BCUT2D eigenvalue weighted by molar-refractivity contribution is -0.422. The fourth-order valence-electron chi connectivity index (χ4n) is 2.45. The minimum atomic E-state index is -0.365. The lowest BCUT2D eigenvalue weighted by Gasteiger charge is -2.31. The van der Waals surface area contributed by atoms with Crippen LogP contribution in [0, 0.1) is 10.1 Å². The van der Waals surface area contributed by atoms with Crippen LogP contribution < -0.4 is 0 Å². The zero-order valence-electron chi connectivity index (χ0n) is 11.8. The summed E-state index contributed by atoms with van der Waals surface area (Å²) in [5.41, 5.74) is 3.49. The van der Waals surface area contributed by atoms with Crippen molar-refractivity contribution in [2.45, 2.75) is 20.3 Å². The van der Waals surface area contributed by atoms with Gasteiger partial charge in [-0.05, 0) is 24.5 Å². The van der Waals surface area contributed by atoms with Gasteiger partial charge in [-0.3, -0.25) is 10.1 Å². The highest BCUT2D eigenvalue weighted by atomic mass is 16.6. The Morgan fingerprint density at radius 2 is 1.95 bits per heavy atom. The molecule has 0 saturated heterocycles. The molecular formula is C16H18N2O2. The molecule has 0 aromatic heterocycles. The average Bonchev–Trinajstić information content (AvgIpc) is 2.43. The Kier molecular flexibility index (Phi) is 4.03. The molecule has 0 spiro atoms. The van der Waals surface area contributed by atoms with Crippen molar-refractivity contribution in [3.8, 4) is 0 Å². The molecule has 4 heteroatoms. The van der Waals surface area contributed by atoms with Gasteiger partial charge in [-0.15, -0.1) is 0 Å². The van der Waals surface area contributed by atoms with E-state index in [1.165, 1.54) is 0 Å². The van der Waals surface area contributed by atoms with Crippen molar-refractivity contribution in [2.24, 2.45) is 0 Å². The molecular weight excluding hydrogens is 252 g/mol. The van der Waals surface area contributed by atoms with Gasteiger partial charge in [-0.2, -0.15) is 0 Å². The van der Waals surface area contributed by atoms with Gasteiger partial charge in [0.25, 0.3) is 5.70 Å². The quantitative estimate of drug-likeness (QED) is 0.617. The summed E-state index contributed by atoms with van der Waals surface area (Å²) >= 11 is 0. The Labute approximate surface area is 118 Å². The van der Waals surface area contributed by atoms with Gasteiger partial charge in [-0.1, -0.05) is 43.8 Å². The maximum Gasteiger partial charge on any atom is 0.292 e. The van der Waals surface area contributed by atoms with Gasteiger partial charge in [0, 0.05) is 12.6 Å². The van der Waals surface area contributed by atoms with Crippen molar-refractivity contribution in [3.63, 3.8) is 0 Å². The first kappa shape index (κ1) is 14.1. The highest BCUT2D eigenvalue weighted by Crippen LogP contribution is 2.34. The topological polar surface area (TPSA) is 46.4 Å². The van der Waals surface area contributed by atoms with Crippen LogP contribution in [0.5, 0.6) is 0 Å². The molecule has 20 heavy (non-hydrogen) atoms. The van der Waals surface area contributed by atoms with E-state index in [-0.39, 0.29) is 10.6 Å². The summed E-state index contributed by atoms with van der Waals surface area (Å²) in [6.45, 7) is 8.58. The fourth-order valence-corrected chi connectivity index (χ4v) is 2.45. The summed E-state index contributed by atoms with van der Waals surface area (Å²) in [5.74, 6) is 0. The molecule has 1 aromatic rings. The average molecular weight is 270 g/mol. The molecule has 104 valence electrons. The van der Waals surface area contributed by atoms with Crippen LogP contribution >= 0.6 is 0 Å². The second-order valence-corrected chi connectivity index (χ2v) is 4.78. The summed E-state index contributed by atoms with van der Waals surface area (Å²) < 4.78 is 0. The Morgan fingerprint density at radius 1 is 1.30 bits per heavy atom. The molecule has 1 aliphatic rings. The second kappa shape index (κ2) is 5.74. The molecule has 0 atom stereocenters. The first-order valence-electron chi connectivity index (χ1n) is 6.65. The van der Waals surface area contributed by atoms with E-state index < -0.39 is 0 Å². The molecule has 2 rings (SSSR count). The van der Waals surface area contributed by atoms with Gasteiger partial charge in [0.15, 0.2) is 0 Å². The van der Waals surface area contributed by atoms with E-state index in [1.54, 1.807) is 6.08 Å². The van der Waals surface area contributed by atoms with E-state index in [0.29, 0.717) is 12.2 Å². The van der Waals surface area contributed by atoms with Gasteiger partial charge < -0.3 is 4.90 Å². The number of allylic oxidation sites excluding steroid dienone is 2. The van der Waals surface area contributed by atoms with E-state index in [2.05, 4.69) is 13.5 Å². The van der Waals surface area contributed by atoms with Crippen molar-refractivity contribution in [1.29, 1.82) is 0 Å². The van der Waals surface area contributed by atoms with E-state index in [4.69, 9.17) is 0 Å². The van der Waals surface area contributed by atoms with Gasteiger partial charge >= 0.3 is 0 Å². The number of benzene rings is 1. The number of hydrogen-bond donors (Lipinski definition) is 0. The lowest BCUT2D eigenvalue weighted by atomic mass is 9.99. The van der Waals surface area contributed by atoms with Crippen LogP contribution in [0.3, 0.4) is 0 Å². The van der Waals surface area contributed by atoms with Crippen LogP contribution in [0.4, 0.5) is 0 Å². The van der Waals surface area contributed by atoms with Crippen LogP contribution in [0.15, 0.2) is 60.0 Å². The van der Waals surface area contributed by atoms with Gasteiger partial charge in [0.05, 0.1) is 10.6 Å². The summed E-state index contributed by atoms with van der Waals surface area (Å²) in [5, 5.41) is 11.1. The number of nitro groups is 1. The van der Waals surface area contributed by atoms with Crippen molar-refractivity contribution in [1.82, 2.24) is 4.90 Å². The maximum atomic E-state index is 11.1. The minimum Gasteiger partial charge on any atom is -0.336 e. The summed E-state index contributed by atoms with van der Waals surface area (Å²) in [6, 6.07) is 9.92. The van der Waals surface area contributed by atoms with Crippen molar-refractivity contribution >= 4 is 5.70 Å². The first-order chi connectivity index (χ1) is 9.56. The van der Waals surface area contributed by atoms with E-state index >= 15 is 0 Å². The predicted octanol–water partition coefficient (Wildman–Crippen LogP) is 3.82. The lowest BCUT2D eigenvalue weighted by Crippen LogP contribution is -2.28. The normalized spacial score (nSPS) is 15.4. The van der Waals surface area contributed by atoms with Gasteiger partial charge in [-0.25, -0.2) is 0 Å². The summed E-state index contributed by atoms with van der Waals surface area (Å²) in [7, 11) is 0.